The molecule has 0 saturated carbocycles. The van der Waals surface area contributed by atoms with Crippen molar-refractivity contribution in [2.24, 2.45) is 0 Å². The van der Waals surface area contributed by atoms with Crippen molar-refractivity contribution in [1.29, 1.82) is 0 Å². The fourth-order valence-electron chi connectivity index (χ4n) is 3.21. The van der Waals surface area contributed by atoms with Gasteiger partial charge in [-0.15, -0.1) is 0 Å². The zero-order valence-electron chi connectivity index (χ0n) is 16.6. The second kappa shape index (κ2) is 9.01. The number of nitrogens with one attached hydrogen (secondary N) is 1. The lowest BCUT2D eigenvalue weighted by Gasteiger charge is -2.15. The van der Waals surface area contributed by atoms with E-state index in [0.717, 1.165) is 23.1 Å². The van der Waals surface area contributed by atoms with E-state index in [2.05, 4.69) is 33.1 Å². The van der Waals surface area contributed by atoms with Gasteiger partial charge in [0.1, 0.15) is 5.75 Å². The van der Waals surface area contributed by atoms with Gasteiger partial charge in [-0.05, 0) is 42.3 Å². The predicted octanol–water partition coefficient (Wildman–Crippen LogP) is 4.82. The summed E-state index contributed by atoms with van der Waals surface area (Å²) in [5.41, 5.74) is 4.29. The monoisotopic (exact) mass is 419 g/mol. The average Bonchev–Trinajstić information content (AvgIpc) is 3.17. The molecule has 0 saturated heterocycles. The van der Waals surface area contributed by atoms with Gasteiger partial charge in [0.15, 0.2) is 6.10 Å². The van der Waals surface area contributed by atoms with Crippen LogP contribution in [0.1, 0.15) is 18.1 Å². The van der Waals surface area contributed by atoms with Crippen molar-refractivity contribution in [2.75, 3.05) is 0 Å². The van der Waals surface area contributed by atoms with Gasteiger partial charge in [-0.1, -0.05) is 60.1 Å². The van der Waals surface area contributed by atoms with Crippen LogP contribution in [-0.2, 0) is 17.9 Å². The highest BCUT2D eigenvalue weighted by Gasteiger charge is 2.15. The lowest BCUT2D eigenvalue weighted by molar-refractivity contribution is -0.127. The van der Waals surface area contributed by atoms with E-state index in [9.17, 15) is 4.79 Å². The highest BCUT2D eigenvalue weighted by atomic mass is 35.5. The quantitative estimate of drug-likeness (QED) is 0.467. The molecule has 30 heavy (non-hydrogen) atoms. The zero-order valence-corrected chi connectivity index (χ0v) is 17.3. The van der Waals surface area contributed by atoms with Crippen molar-refractivity contribution in [2.45, 2.75) is 26.1 Å². The van der Waals surface area contributed by atoms with Crippen molar-refractivity contribution in [1.82, 2.24) is 14.9 Å². The van der Waals surface area contributed by atoms with Crippen LogP contribution in [-0.4, -0.2) is 21.6 Å². The molecule has 6 heteroatoms. The number of carbonyl (C=O) groups is 1. The molecule has 1 N–H and O–H groups in total. The summed E-state index contributed by atoms with van der Waals surface area (Å²) >= 11 is 6.08. The first-order valence-electron chi connectivity index (χ1n) is 9.77. The van der Waals surface area contributed by atoms with Gasteiger partial charge in [0, 0.05) is 13.1 Å². The maximum absolute atomic E-state index is 12.3. The molecule has 4 aromatic rings. The molecule has 3 aromatic carbocycles. The summed E-state index contributed by atoms with van der Waals surface area (Å²) in [5.74, 6) is 0.307. The first kappa shape index (κ1) is 20.0. The molecule has 0 aliphatic heterocycles. The Morgan fingerprint density at radius 1 is 1.03 bits per heavy atom. The minimum absolute atomic E-state index is 0.191. The number of benzene rings is 3. The molecule has 0 bridgehead atoms. The molecule has 1 heterocycles. The molecule has 1 unspecified atom stereocenters. The van der Waals surface area contributed by atoms with E-state index < -0.39 is 6.10 Å². The first-order valence-corrected chi connectivity index (χ1v) is 10.1. The first-order chi connectivity index (χ1) is 14.6. The van der Waals surface area contributed by atoms with Crippen molar-refractivity contribution in [3.63, 3.8) is 0 Å². The summed E-state index contributed by atoms with van der Waals surface area (Å²) in [6.45, 7) is 2.89. The Balaban J connectivity index is 1.32. The Morgan fingerprint density at radius 3 is 2.53 bits per heavy atom. The van der Waals surface area contributed by atoms with Gasteiger partial charge >= 0.3 is 0 Å². The standard InChI is InChI=1S/C24H22ClN3O2/c1-17(30-23-9-5-2-6-20(23)25)24(29)26-14-18-10-12-19(13-11-18)15-28-16-27-21-7-3-4-8-22(21)28/h2-13,16-17H,14-15H2,1H3,(H,26,29). The predicted molar refractivity (Wildman–Crippen MR) is 119 cm³/mol. The summed E-state index contributed by atoms with van der Waals surface area (Å²) in [6.07, 6.45) is 1.22. The Kier molecular flexibility index (Phi) is 6.00. The van der Waals surface area contributed by atoms with Crippen LogP contribution in [0.3, 0.4) is 0 Å². The van der Waals surface area contributed by atoms with Gasteiger partial charge < -0.3 is 14.6 Å². The molecular weight excluding hydrogens is 398 g/mol. The van der Waals surface area contributed by atoms with Crippen LogP contribution in [0.5, 0.6) is 5.75 Å². The number of carbonyl (C=O) groups excluding carboxylic acids is 1. The summed E-state index contributed by atoms with van der Waals surface area (Å²) in [6, 6.07) is 23.4. The molecule has 1 atom stereocenters. The number of hydrogen-bond acceptors (Lipinski definition) is 3. The van der Waals surface area contributed by atoms with Crippen LogP contribution >= 0.6 is 11.6 Å². The minimum Gasteiger partial charge on any atom is -0.479 e. The minimum atomic E-state index is -0.640. The lowest BCUT2D eigenvalue weighted by atomic mass is 10.1. The second-order valence-corrected chi connectivity index (χ2v) is 7.49. The van der Waals surface area contributed by atoms with Gasteiger partial charge in [-0.3, -0.25) is 4.79 Å². The summed E-state index contributed by atoms with van der Waals surface area (Å²) in [4.78, 5) is 16.8. The third-order valence-electron chi connectivity index (χ3n) is 4.88. The van der Waals surface area contributed by atoms with Crippen molar-refractivity contribution >= 4 is 28.5 Å². The Bertz CT molecular complexity index is 1150. The van der Waals surface area contributed by atoms with Crippen LogP contribution < -0.4 is 10.1 Å². The van der Waals surface area contributed by atoms with Gasteiger partial charge in [0.05, 0.1) is 22.4 Å². The molecule has 5 nitrogen and oxygen atoms in total. The number of hydrogen-bond donors (Lipinski definition) is 1. The lowest BCUT2D eigenvalue weighted by Crippen LogP contribution is -2.35. The molecule has 0 radical (unpaired) electrons. The molecule has 1 amide bonds. The van der Waals surface area contributed by atoms with E-state index in [1.807, 2.05) is 48.8 Å². The molecule has 0 aliphatic carbocycles. The van der Waals surface area contributed by atoms with Gasteiger partial charge in [0.25, 0.3) is 5.91 Å². The molecular formula is C24H22ClN3O2. The number of nitrogens with zero attached hydrogens (tertiary/aromatic N) is 2. The largest absolute Gasteiger partial charge is 0.479 e. The number of aromatic nitrogens is 2. The molecule has 4 rings (SSSR count). The number of para-hydroxylation sites is 3. The maximum Gasteiger partial charge on any atom is 0.261 e. The second-order valence-electron chi connectivity index (χ2n) is 7.09. The van der Waals surface area contributed by atoms with E-state index in [0.29, 0.717) is 17.3 Å². The number of imidazole rings is 1. The molecule has 0 spiro atoms. The van der Waals surface area contributed by atoms with E-state index in [-0.39, 0.29) is 5.91 Å². The third kappa shape index (κ3) is 4.63. The average molecular weight is 420 g/mol. The molecule has 1 aromatic heterocycles. The zero-order chi connectivity index (χ0) is 20.9. The Morgan fingerprint density at radius 2 is 1.73 bits per heavy atom. The molecule has 152 valence electrons. The summed E-state index contributed by atoms with van der Waals surface area (Å²) in [5, 5.41) is 3.39. The fourth-order valence-corrected chi connectivity index (χ4v) is 3.39. The van der Waals surface area contributed by atoms with Crippen molar-refractivity contribution in [3.05, 3.63) is 95.3 Å². The number of rotatable bonds is 7. The number of ether oxygens (including phenoxy) is 1. The summed E-state index contributed by atoms with van der Waals surface area (Å²) in [7, 11) is 0. The smallest absolute Gasteiger partial charge is 0.261 e. The Hall–Kier alpha value is -3.31. The van der Waals surface area contributed by atoms with E-state index >= 15 is 0 Å². The Labute approximate surface area is 180 Å². The number of amides is 1. The van der Waals surface area contributed by atoms with E-state index in [1.54, 1.807) is 19.1 Å². The van der Waals surface area contributed by atoms with Gasteiger partial charge in [0.2, 0.25) is 0 Å². The van der Waals surface area contributed by atoms with Crippen molar-refractivity contribution < 1.29 is 9.53 Å². The van der Waals surface area contributed by atoms with Gasteiger partial charge in [-0.25, -0.2) is 4.98 Å². The van der Waals surface area contributed by atoms with Crippen LogP contribution in [0.15, 0.2) is 79.1 Å². The van der Waals surface area contributed by atoms with E-state index in [4.69, 9.17) is 16.3 Å². The van der Waals surface area contributed by atoms with Crippen LogP contribution in [0.4, 0.5) is 0 Å². The number of halogens is 1. The van der Waals surface area contributed by atoms with Crippen LogP contribution in [0.25, 0.3) is 11.0 Å². The highest BCUT2D eigenvalue weighted by molar-refractivity contribution is 6.32. The highest BCUT2D eigenvalue weighted by Crippen LogP contribution is 2.24. The molecule has 0 aliphatic rings. The van der Waals surface area contributed by atoms with E-state index in [1.165, 1.54) is 5.56 Å². The third-order valence-corrected chi connectivity index (χ3v) is 5.19. The topological polar surface area (TPSA) is 56.1 Å². The van der Waals surface area contributed by atoms with Crippen molar-refractivity contribution in [3.8, 4) is 5.75 Å². The molecule has 0 fully saturated rings. The van der Waals surface area contributed by atoms with Crippen LogP contribution in [0, 0.1) is 0 Å². The fraction of sp³-hybridized carbons (Fsp3) is 0.167. The van der Waals surface area contributed by atoms with Gasteiger partial charge in [-0.2, -0.15) is 0 Å². The normalized spacial score (nSPS) is 11.9. The number of fused-ring (bicyclic) bond motifs is 1. The maximum atomic E-state index is 12.3. The van der Waals surface area contributed by atoms with Crippen LogP contribution in [0.2, 0.25) is 5.02 Å². The SMILES string of the molecule is CC(Oc1ccccc1Cl)C(=O)NCc1ccc(Cn2cnc3ccccc32)cc1. The summed E-state index contributed by atoms with van der Waals surface area (Å²) < 4.78 is 7.78.